The first-order valence-corrected chi connectivity index (χ1v) is 10.2. The molecule has 1 aromatic heterocycles. The van der Waals surface area contributed by atoms with E-state index in [0.717, 1.165) is 23.8 Å². The van der Waals surface area contributed by atoms with Gasteiger partial charge in [0.15, 0.2) is 0 Å². The summed E-state index contributed by atoms with van der Waals surface area (Å²) in [4.78, 5) is 36.9. The van der Waals surface area contributed by atoms with Gasteiger partial charge in [0.1, 0.15) is 22.2 Å². The highest BCUT2D eigenvalue weighted by Crippen LogP contribution is 2.52. The number of carbonyl (C=O) groups excluding carboxylic acids is 2. The van der Waals surface area contributed by atoms with Crippen molar-refractivity contribution in [1.82, 2.24) is 14.9 Å². The Morgan fingerprint density at radius 1 is 1.03 bits per heavy atom. The molecule has 0 bridgehead atoms. The van der Waals surface area contributed by atoms with Crippen LogP contribution in [0.3, 0.4) is 0 Å². The van der Waals surface area contributed by atoms with Crippen LogP contribution in [0.1, 0.15) is 41.5 Å². The number of anilines is 1. The molecule has 1 aromatic rings. The lowest BCUT2D eigenvalue weighted by Crippen LogP contribution is -2.45. The second-order valence-electron chi connectivity index (χ2n) is 9.67. The van der Waals surface area contributed by atoms with Gasteiger partial charge in [-0.05, 0) is 59.3 Å². The zero-order chi connectivity index (χ0) is 21.6. The molecular formula is C20H29ClN4O4. The zero-order valence-electron chi connectivity index (χ0n) is 17.8. The van der Waals surface area contributed by atoms with E-state index in [4.69, 9.17) is 21.1 Å². The summed E-state index contributed by atoms with van der Waals surface area (Å²) in [7, 11) is 0. The number of piperidine rings is 1. The zero-order valence-corrected chi connectivity index (χ0v) is 18.6. The van der Waals surface area contributed by atoms with E-state index in [9.17, 15) is 9.59 Å². The molecule has 8 nitrogen and oxygen atoms in total. The summed E-state index contributed by atoms with van der Waals surface area (Å²) in [5.41, 5.74) is -1.39. The van der Waals surface area contributed by atoms with Crippen LogP contribution in [0.5, 0.6) is 0 Å². The van der Waals surface area contributed by atoms with Gasteiger partial charge in [0.05, 0.1) is 12.4 Å². The largest absolute Gasteiger partial charge is 0.443 e. The molecule has 2 amide bonds. The molecule has 1 aliphatic carbocycles. The lowest BCUT2D eigenvalue weighted by atomic mass is 10.2. The molecule has 29 heavy (non-hydrogen) atoms. The number of carbonyl (C=O) groups is 2. The number of amides is 2. The Kier molecular flexibility index (Phi) is 5.69. The first-order chi connectivity index (χ1) is 13.3. The highest BCUT2D eigenvalue weighted by atomic mass is 35.5. The number of ether oxygens (including phenoxy) is 2. The van der Waals surface area contributed by atoms with Crippen molar-refractivity contribution < 1.29 is 19.1 Å². The fraction of sp³-hybridized carbons (Fsp3) is 0.700. The normalized spacial score (nSPS) is 23.4. The van der Waals surface area contributed by atoms with Crippen LogP contribution in [-0.2, 0) is 9.47 Å². The van der Waals surface area contributed by atoms with E-state index in [1.807, 2.05) is 0 Å². The SMILES string of the molecule is CC(C)(C)OC(=O)N(CC1C2CN(c3cnc(Cl)cn3)CC12)C(=O)OC(C)(C)C. The van der Waals surface area contributed by atoms with E-state index in [1.165, 1.54) is 6.20 Å². The van der Waals surface area contributed by atoms with E-state index in [-0.39, 0.29) is 5.92 Å². The lowest BCUT2D eigenvalue weighted by molar-refractivity contribution is 0.0000876. The maximum atomic E-state index is 12.6. The van der Waals surface area contributed by atoms with E-state index in [2.05, 4.69) is 14.9 Å². The predicted molar refractivity (Wildman–Crippen MR) is 109 cm³/mol. The van der Waals surface area contributed by atoms with Gasteiger partial charge in [0.2, 0.25) is 0 Å². The quantitative estimate of drug-likeness (QED) is 0.725. The Bertz CT molecular complexity index is 732. The number of imide groups is 1. The molecule has 1 saturated carbocycles. The van der Waals surface area contributed by atoms with Gasteiger partial charge in [-0.2, -0.15) is 0 Å². The Labute approximate surface area is 176 Å². The third kappa shape index (κ3) is 5.50. The third-order valence-corrected chi connectivity index (χ3v) is 5.12. The van der Waals surface area contributed by atoms with Gasteiger partial charge < -0.3 is 14.4 Å². The van der Waals surface area contributed by atoms with Crippen molar-refractivity contribution in [2.75, 3.05) is 24.5 Å². The molecule has 2 atom stereocenters. The summed E-state index contributed by atoms with van der Waals surface area (Å²) < 4.78 is 10.9. The minimum Gasteiger partial charge on any atom is -0.443 e. The molecule has 0 radical (unpaired) electrons. The molecule has 2 unspecified atom stereocenters. The monoisotopic (exact) mass is 424 g/mol. The van der Waals surface area contributed by atoms with Crippen LogP contribution in [0.25, 0.3) is 0 Å². The van der Waals surface area contributed by atoms with Crippen molar-refractivity contribution in [3.63, 3.8) is 0 Å². The molecule has 2 fully saturated rings. The van der Waals surface area contributed by atoms with Gasteiger partial charge in [0, 0.05) is 19.6 Å². The molecule has 160 valence electrons. The predicted octanol–water partition coefficient (Wildman–Crippen LogP) is 3.98. The summed E-state index contributed by atoms with van der Waals surface area (Å²) in [5.74, 6) is 1.79. The number of fused-ring (bicyclic) bond motifs is 1. The van der Waals surface area contributed by atoms with Crippen LogP contribution in [0.4, 0.5) is 15.4 Å². The average Bonchev–Trinajstić information content (AvgIpc) is 2.99. The Balaban J connectivity index is 1.63. The molecule has 9 heteroatoms. The van der Waals surface area contributed by atoms with Crippen molar-refractivity contribution in [1.29, 1.82) is 0 Å². The van der Waals surface area contributed by atoms with Crippen LogP contribution in [0.2, 0.25) is 5.15 Å². The molecule has 3 rings (SSSR count). The lowest BCUT2D eigenvalue weighted by Gasteiger charge is -2.29. The maximum Gasteiger partial charge on any atom is 0.419 e. The van der Waals surface area contributed by atoms with Crippen molar-refractivity contribution in [3.05, 3.63) is 17.5 Å². The topological polar surface area (TPSA) is 84.9 Å². The number of rotatable bonds is 3. The third-order valence-electron chi connectivity index (χ3n) is 4.92. The van der Waals surface area contributed by atoms with Crippen LogP contribution < -0.4 is 4.90 Å². The van der Waals surface area contributed by atoms with Crippen LogP contribution in [0.15, 0.2) is 12.4 Å². The van der Waals surface area contributed by atoms with E-state index in [0.29, 0.717) is 23.5 Å². The summed E-state index contributed by atoms with van der Waals surface area (Å²) in [6.07, 6.45) is 1.86. The Morgan fingerprint density at radius 2 is 1.55 bits per heavy atom. The smallest absolute Gasteiger partial charge is 0.419 e. The van der Waals surface area contributed by atoms with Crippen LogP contribution >= 0.6 is 11.6 Å². The summed E-state index contributed by atoms with van der Waals surface area (Å²) in [6, 6.07) is 0. The number of halogens is 1. The minimum atomic E-state index is -0.694. The Morgan fingerprint density at radius 3 is 1.97 bits per heavy atom. The first-order valence-electron chi connectivity index (χ1n) is 9.80. The standard InChI is InChI=1S/C20H29ClN4O4/c1-19(2,3)28-17(26)25(18(27)29-20(4,5)6)11-14-12-9-24(10-13(12)14)16-8-22-15(21)7-23-16/h7-8,12-14H,9-11H2,1-6H3. The number of nitrogens with zero attached hydrogens (tertiary/aromatic N) is 4. The Hall–Kier alpha value is -2.09. The number of hydrogen-bond acceptors (Lipinski definition) is 7. The summed E-state index contributed by atoms with van der Waals surface area (Å²) in [5, 5.41) is 0.362. The molecular weight excluding hydrogens is 396 g/mol. The van der Waals surface area contributed by atoms with Crippen LogP contribution in [0, 0.1) is 17.8 Å². The molecule has 0 N–H and O–H groups in total. The molecule has 2 aliphatic rings. The molecule has 0 aromatic carbocycles. The van der Waals surface area contributed by atoms with Crippen molar-refractivity contribution in [2.24, 2.45) is 17.8 Å². The summed E-state index contributed by atoms with van der Waals surface area (Å²) >= 11 is 5.80. The van der Waals surface area contributed by atoms with Gasteiger partial charge in [0.25, 0.3) is 0 Å². The molecule has 1 aliphatic heterocycles. The van der Waals surface area contributed by atoms with E-state index < -0.39 is 23.4 Å². The van der Waals surface area contributed by atoms with E-state index >= 15 is 0 Å². The fourth-order valence-corrected chi connectivity index (χ4v) is 3.74. The molecule has 0 spiro atoms. The van der Waals surface area contributed by atoms with Gasteiger partial charge in [-0.15, -0.1) is 0 Å². The van der Waals surface area contributed by atoms with Crippen molar-refractivity contribution in [2.45, 2.75) is 52.7 Å². The van der Waals surface area contributed by atoms with Gasteiger partial charge in [-0.3, -0.25) is 0 Å². The minimum absolute atomic E-state index is 0.228. The molecule has 1 saturated heterocycles. The van der Waals surface area contributed by atoms with Crippen molar-refractivity contribution in [3.8, 4) is 0 Å². The molecule has 2 heterocycles. The van der Waals surface area contributed by atoms with Gasteiger partial charge in [-0.25, -0.2) is 24.5 Å². The van der Waals surface area contributed by atoms with Crippen molar-refractivity contribution >= 4 is 29.6 Å². The fourth-order valence-electron chi connectivity index (χ4n) is 3.64. The average molecular weight is 425 g/mol. The van der Waals surface area contributed by atoms with E-state index in [1.54, 1.807) is 47.7 Å². The van der Waals surface area contributed by atoms with Crippen LogP contribution in [-0.4, -0.2) is 57.9 Å². The first kappa shape index (κ1) is 21.6. The maximum absolute atomic E-state index is 12.6. The van der Waals surface area contributed by atoms with Gasteiger partial charge >= 0.3 is 12.2 Å². The highest BCUT2D eigenvalue weighted by Gasteiger charge is 2.57. The highest BCUT2D eigenvalue weighted by molar-refractivity contribution is 6.29. The second-order valence-corrected chi connectivity index (χ2v) is 10.1. The number of hydrogen-bond donors (Lipinski definition) is 0. The number of aromatic nitrogens is 2. The van der Waals surface area contributed by atoms with Gasteiger partial charge in [-0.1, -0.05) is 11.6 Å². The summed E-state index contributed by atoms with van der Waals surface area (Å²) in [6.45, 7) is 12.5. The second kappa shape index (κ2) is 7.63.